The van der Waals surface area contributed by atoms with Gasteiger partial charge in [-0.2, -0.15) is 0 Å². The van der Waals surface area contributed by atoms with Crippen molar-refractivity contribution in [2.24, 2.45) is 23.2 Å². The van der Waals surface area contributed by atoms with Crippen molar-refractivity contribution < 1.29 is 9.59 Å². The average molecular weight is 342 g/mol. The van der Waals surface area contributed by atoms with E-state index in [0.29, 0.717) is 10.7 Å². The van der Waals surface area contributed by atoms with E-state index in [1.54, 1.807) is 24.3 Å². The summed E-state index contributed by atoms with van der Waals surface area (Å²) in [5.74, 6) is 2.31. The lowest BCUT2D eigenvalue weighted by Gasteiger charge is -2.55. The normalized spacial score (nSPS) is 33.1. The first-order valence-corrected chi connectivity index (χ1v) is 9.15. The summed E-state index contributed by atoms with van der Waals surface area (Å²) in [5.41, 5.74) is 1.20. The van der Waals surface area contributed by atoms with Crippen molar-refractivity contribution in [2.45, 2.75) is 38.5 Å². The molecule has 4 bridgehead atoms. The summed E-state index contributed by atoms with van der Waals surface area (Å²) in [5, 5.41) is 6.31. The third-order valence-corrected chi connectivity index (χ3v) is 6.26. The van der Waals surface area contributed by atoms with E-state index < -0.39 is 0 Å². The van der Waals surface area contributed by atoms with E-state index in [0.717, 1.165) is 49.0 Å². The van der Waals surface area contributed by atoms with E-state index in [2.05, 4.69) is 10.6 Å². The summed E-state index contributed by atoms with van der Waals surface area (Å²) in [7, 11) is 0. The number of carbonyl (C=O) groups is 2. The molecule has 4 nitrogen and oxygen atoms in total. The van der Waals surface area contributed by atoms with Gasteiger partial charge in [-0.3, -0.25) is 9.59 Å². The number of anilines is 1. The quantitative estimate of drug-likeness (QED) is 0.652. The van der Waals surface area contributed by atoms with Crippen molar-refractivity contribution in [2.75, 3.05) is 5.32 Å². The molecule has 0 spiro atoms. The zero-order valence-electron chi connectivity index (χ0n) is 13.6. The lowest BCUT2D eigenvalue weighted by atomic mass is 9.49. The smallest absolute Gasteiger partial charge is 0.232 e. The molecule has 1 aromatic carbocycles. The predicted molar refractivity (Wildman–Crippen MR) is 96.8 cm³/mol. The maximum absolute atomic E-state index is 12.9. The highest BCUT2D eigenvalue weighted by Gasteiger charge is 2.54. The number of aldehydes is 1. The van der Waals surface area contributed by atoms with Crippen LogP contribution in [0.2, 0.25) is 0 Å². The van der Waals surface area contributed by atoms with Gasteiger partial charge >= 0.3 is 0 Å². The highest BCUT2D eigenvalue weighted by Crippen LogP contribution is 2.60. The number of rotatable bonds is 3. The van der Waals surface area contributed by atoms with Crippen LogP contribution in [0.5, 0.6) is 0 Å². The largest absolute Gasteiger partial charge is 0.332 e. The summed E-state index contributed by atoms with van der Waals surface area (Å²) in [6.45, 7) is 0. The van der Waals surface area contributed by atoms with Crippen LogP contribution in [0.15, 0.2) is 24.3 Å². The minimum Gasteiger partial charge on any atom is -0.332 e. The molecular weight excluding hydrogens is 320 g/mol. The lowest BCUT2D eigenvalue weighted by molar-refractivity contribution is -0.144. The lowest BCUT2D eigenvalue weighted by Crippen LogP contribution is -2.55. The number of carbonyl (C=O) groups excluding carboxylic acids is 2. The van der Waals surface area contributed by atoms with E-state index >= 15 is 0 Å². The van der Waals surface area contributed by atoms with E-state index in [4.69, 9.17) is 12.2 Å². The molecule has 4 aliphatic carbocycles. The number of nitrogens with one attached hydrogen (secondary N) is 2. The third kappa shape index (κ3) is 2.86. The van der Waals surface area contributed by atoms with Crippen LogP contribution in [0.1, 0.15) is 48.9 Å². The topological polar surface area (TPSA) is 58.2 Å². The first kappa shape index (κ1) is 15.8. The van der Waals surface area contributed by atoms with E-state index in [9.17, 15) is 9.59 Å². The van der Waals surface area contributed by atoms with Gasteiger partial charge in [-0.25, -0.2) is 0 Å². The molecule has 4 saturated carbocycles. The third-order valence-electron chi connectivity index (χ3n) is 6.05. The Balaban J connectivity index is 1.40. The van der Waals surface area contributed by atoms with Gasteiger partial charge in [0.2, 0.25) is 5.91 Å². The minimum absolute atomic E-state index is 0.101. The SMILES string of the molecule is O=Cc1ccc(NC(=S)NC(=O)C23CC4CC(CC(C4)C2)C3)cc1. The number of hydrogen-bond donors (Lipinski definition) is 2. The molecule has 0 radical (unpaired) electrons. The molecule has 4 fully saturated rings. The fourth-order valence-corrected chi connectivity index (χ4v) is 5.64. The average Bonchev–Trinajstić information content (AvgIpc) is 2.54. The molecular formula is C19H22N2O2S. The molecule has 5 rings (SSSR count). The van der Waals surface area contributed by atoms with Gasteiger partial charge in [-0.05, 0) is 92.8 Å². The zero-order chi connectivity index (χ0) is 16.7. The van der Waals surface area contributed by atoms with Crippen molar-refractivity contribution in [3.63, 3.8) is 0 Å². The Morgan fingerprint density at radius 3 is 2.08 bits per heavy atom. The monoisotopic (exact) mass is 342 g/mol. The van der Waals surface area contributed by atoms with Crippen molar-refractivity contribution >= 4 is 35.2 Å². The van der Waals surface area contributed by atoms with Crippen LogP contribution in [0.25, 0.3) is 0 Å². The van der Waals surface area contributed by atoms with Gasteiger partial charge in [0.25, 0.3) is 0 Å². The van der Waals surface area contributed by atoms with Gasteiger partial charge in [0, 0.05) is 11.3 Å². The first-order chi connectivity index (χ1) is 11.6. The van der Waals surface area contributed by atoms with Crippen molar-refractivity contribution in [3.05, 3.63) is 29.8 Å². The number of amides is 1. The molecule has 0 heterocycles. The van der Waals surface area contributed by atoms with Crippen LogP contribution in [0, 0.1) is 23.2 Å². The van der Waals surface area contributed by atoms with Crippen LogP contribution in [-0.2, 0) is 4.79 Å². The van der Waals surface area contributed by atoms with E-state index in [-0.39, 0.29) is 11.3 Å². The fraction of sp³-hybridized carbons (Fsp3) is 0.526. The Kier molecular flexibility index (Phi) is 3.91. The molecule has 126 valence electrons. The zero-order valence-corrected chi connectivity index (χ0v) is 14.4. The highest BCUT2D eigenvalue weighted by molar-refractivity contribution is 7.80. The highest BCUT2D eigenvalue weighted by atomic mass is 32.1. The van der Waals surface area contributed by atoms with Crippen LogP contribution in [-0.4, -0.2) is 17.3 Å². The van der Waals surface area contributed by atoms with E-state index in [1.807, 2.05) is 0 Å². The van der Waals surface area contributed by atoms with Gasteiger partial charge in [0.1, 0.15) is 6.29 Å². The standard InChI is InChI=1S/C19H22N2O2S/c22-11-12-1-3-16(4-2-12)20-18(24)21-17(23)19-8-13-5-14(9-19)7-15(6-13)10-19/h1-4,11,13-15H,5-10H2,(H2,20,21,23,24). The first-order valence-electron chi connectivity index (χ1n) is 8.74. The Bertz CT molecular complexity index is 648. The van der Waals surface area contributed by atoms with Gasteiger partial charge < -0.3 is 10.6 Å². The number of benzene rings is 1. The predicted octanol–water partition coefficient (Wildman–Crippen LogP) is 3.53. The van der Waals surface area contributed by atoms with E-state index in [1.165, 1.54) is 19.3 Å². The summed E-state index contributed by atoms with van der Waals surface area (Å²) in [4.78, 5) is 23.6. The molecule has 0 aromatic heterocycles. The van der Waals surface area contributed by atoms with Crippen LogP contribution in [0.4, 0.5) is 5.69 Å². The molecule has 1 aromatic rings. The molecule has 0 saturated heterocycles. The second-order valence-electron chi connectivity index (χ2n) is 7.85. The molecule has 0 atom stereocenters. The summed E-state index contributed by atoms with van der Waals surface area (Å²) in [6, 6.07) is 7.01. The molecule has 4 aliphatic rings. The van der Waals surface area contributed by atoms with Gasteiger partial charge in [0.15, 0.2) is 5.11 Å². The Labute approximate surface area is 147 Å². The number of hydrogen-bond acceptors (Lipinski definition) is 3. The summed E-state index contributed by atoms with van der Waals surface area (Å²) < 4.78 is 0. The van der Waals surface area contributed by atoms with Gasteiger partial charge in [0.05, 0.1) is 5.41 Å². The Morgan fingerprint density at radius 1 is 1.04 bits per heavy atom. The van der Waals surface area contributed by atoms with Gasteiger partial charge in [-0.15, -0.1) is 0 Å². The maximum Gasteiger partial charge on any atom is 0.232 e. The second kappa shape index (κ2) is 5.96. The minimum atomic E-state index is -0.193. The maximum atomic E-state index is 12.9. The molecule has 24 heavy (non-hydrogen) atoms. The number of thiocarbonyl (C=S) groups is 1. The van der Waals surface area contributed by atoms with Crippen LogP contribution in [0.3, 0.4) is 0 Å². The fourth-order valence-electron chi connectivity index (χ4n) is 5.43. The second-order valence-corrected chi connectivity index (χ2v) is 8.25. The van der Waals surface area contributed by atoms with Crippen molar-refractivity contribution in [1.29, 1.82) is 0 Å². The van der Waals surface area contributed by atoms with Crippen molar-refractivity contribution in [3.8, 4) is 0 Å². The Morgan fingerprint density at radius 2 is 1.58 bits per heavy atom. The van der Waals surface area contributed by atoms with Crippen molar-refractivity contribution in [1.82, 2.24) is 5.32 Å². The van der Waals surface area contributed by atoms with Crippen LogP contribution >= 0.6 is 12.2 Å². The van der Waals surface area contributed by atoms with Crippen LogP contribution < -0.4 is 10.6 Å². The molecule has 5 heteroatoms. The molecule has 0 aliphatic heterocycles. The van der Waals surface area contributed by atoms with Gasteiger partial charge in [-0.1, -0.05) is 0 Å². The summed E-state index contributed by atoms with van der Waals surface area (Å²) in [6.07, 6.45) is 7.84. The Hall–Kier alpha value is -1.75. The molecule has 2 N–H and O–H groups in total. The molecule has 1 amide bonds. The molecule has 0 unspecified atom stereocenters. The summed E-state index contributed by atoms with van der Waals surface area (Å²) >= 11 is 5.32.